The van der Waals surface area contributed by atoms with Gasteiger partial charge in [0.05, 0.1) is 16.8 Å². The number of carbonyl (C=O) groups excluding carboxylic acids is 1. The number of nitrogens with two attached hydrogens (primary N) is 1. The van der Waals surface area contributed by atoms with Gasteiger partial charge in [-0.1, -0.05) is 12.1 Å². The van der Waals surface area contributed by atoms with Gasteiger partial charge in [-0.15, -0.1) is 0 Å². The minimum Gasteiger partial charge on any atom is -0.351 e. The zero-order valence-corrected chi connectivity index (χ0v) is 25.9. The van der Waals surface area contributed by atoms with Gasteiger partial charge in [-0.2, -0.15) is 18.3 Å². The minimum absolute atomic E-state index is 0.0403. The molecule has 1 aliphatic carbocycles. The molecule has 11 nitrogen and oxygen atoms in total. The summed E-state index contributed by atoms with van der Waals surface area (Å²) in [6.45, 7) is 3.21. The van der Waals surface area contributed by atoms with E-state index in [1.807, 2.05) is 30.1 Å². The quantitative estimate of drug-likeness (QED) is 0.220. The van der Waals surface area contributed by atoms with Crippen molar-refractivity contribution in [3.8, 4) is 11.3 Å². The third kappa shape index (κ3) is 7.57. The number of piperazine rings is 1. The third-order valence-corrected chi connectivity index (χ3v) is 8.77. The van der Waals surface area contributed by atoms with Crippen LogP contribution in [0.3, 0.4) is 0 Å². The number of aryl methyl sites for hydroxylation is 1. The van der Waals surface area contributed by atoms with E-state index in [4.69, 9.17) is 5.73 Å². The average molecular weight is 637 g/mol. The van der Waals surface area contributed by atoms with E-state index in [2.05, 4.69) is 35.9 Å². The fraction of sp³-hybridized carbons (Fsp3) is 0.438. The van der Waals surface area contributed by atoms with Crippen LogP contribution in [0.1, 0.15) is 36.8 Å². The average Bonchev–Trinajstić information content (AvgIpc) is 3.38. The Bertz CT molecular complexity index is 1690. The first-order valence-electron chi connectivity index (χ1n) is 15.5. The number of fused-ring (bicyclic) bond motifs is 1. The highest BCUT2D eigenvalue weighted by Crippen LogP contribution is 2.35. The highest BCUT2D eigenvalue weighted by Gasteiger charge is 2.34. The number of hydrogen-bond acceptors (Lipinski definition) is 8. The largest absolute Gasteiger partial charge is 0.416 e. The van der Waals surface area contributed by atoms with Gasteiger partial charge in [-0.3, -0.25) is 14.9 Å². The lowest BCUT2D eigenvalue weighted by Gasteiger charge is -2.33. The molecule has 0 unspecified atom stereocenters. The maximum absolute atomic E-state index is 14.0. The van der Waals surface area contributed by atoms with Crippen LogP contribution in [0.15, 0.2) is 48.7 Å². The molecule has 2 aliphatic rings. The predicted molar refractivity (Wildman–Crippen MR) is 172 cm³/mol. The molecule has 1 aliphatic heterocycles. The molecule has 5 N–H and O–H groups in total. The monoisotopic (exact) mass is 636 g/mol. The molecule has 46 heavy (non-hydrogen) atoms. The normalized spacial score (nSPS) is 19.7. The van der Waals surface area contributed by atoms with Gasteiger partial charge >= 0.3 is 12.2 Å². The first-order chi connectivity index (χ1) is 22.0. The van der Waals surface area contributed by atoms with Crippen LogP contribution in [-0.2, 0) is 19.8 Å². The summed E-state index contributed by atoms with van der Waals surface area (Å²) in [5, 5.41) is 13.8. The van der Waals surface area contributed by atoms with Crippen molar-refractivity contribution in [2.75, 3.05) is 49.2 Å². The molecule has 0 spiro atoms. The highest BCUT2D eigenvalue weighted by molar-refractivity contribution is 5.99. The van der Waals surface area contributed by atoms with E-state index in [1.54, 1.807) is 24.0 Å². The van der Waals surface area contributed by atoms with Crippen molar-refractivity contribution in [1.82, 2.24) is 29.5 Å². The van der Waals surface area contributed by atoms with Crippen molar-refractivity contribution < 1.29 is 18.0 Å². The second-order valence-electron chi connectivity index (χ2n) is 12.3. The van der Waals surface area contributed by atoms with E-state index >= 15 is 0 Å². The van der Waals surface area contributed by atoms with Crippen LogP contribution in [0.5, 0.6) is 0 Å². The van der Waals surface area contributed by atoms with Crippen molar-refractivity contribution in [1.29, 1.82) is 0 Å². The first-order valence-corrected chi connectivity index (χ1v) is 15.5. The molecule has 6 rings (SSSR count). The molecule has 244 valence electrons. The van der Waals surface area contributed by atoms with E-state index in [0.29, 0.717) is 25.1 Å². The Kier molecular flexibility index (Phi) is 9.11. The number of rotatable bonds is 7. The van der Waals surface area contributed by atoms with Crippen LogP contribution < -0.4 is 21.7 Å². The number of halogens is 3. The third-order valence-electron chi connectivity index (χ3n) is 8.77. The van der Waals surface area contributed by atoms with Crippen LogP contribution >= 0.6 is 0 Å². The Hall–Kier alpha value is -4.27. The van der Waals surface area contributed by atoms with Crippen LogP contribution in [0.4, 0.5) is 35.4 Å². The van der Waals surface area contributed by atoms with Gasteiger partial charge in [-0.05, 0) is 62.6 Å². The second kappa shape index (κ2) is 13.2. The van der Waals surface area contributed by atoms with Crippen molar-refractivity contribution >= 4 is 34.4 Å². The lowest BCUT2D eigenvalue weighted by atomic mass is 9.92. The van der Waals surface area contributed by atoms with Gasteiger partial charge in [0.25, 0.3) is 0 Å². The number of alkyl halides is 3. The van der Waals surface area contributed by atoms with E-state index in [-0.39, 0.29) is 29.7 Å². The summed E-state index contributed by atoms with van der Waals surface area (Å²) < 4.78 is 43.6. The summed E-state index contributed by atoms with van der Waals surface area (Å²) in [5.74, 6) is 0.839. The Morgan fingerprint density at radius 3 is 2.48 bits per heavy atom. The van der Waals surface area contributed by atoms with Crippen molar-refractivity contribution in [3.05, 3.63) is 59.8 Å². The predicted octanol–water partition coefficient (Wildman–Crippen LogP) is 5.12. The van der Waals surface area contributed by atoms with Gasteiger partial charge in [0.1, 0.15) is 0 Å². The standard InChI is InChI=1S/C32H39F3N10O/c1-43-11-13-45(14-12-43)19-21-3-7-25(16-26(21)32(33,34)35)39-31(46)41-29-17-28(44(2)42-29)20-4-10-27-22(15-20)18-37-30(40-27)38-24-8-5-23(36)6-9-24/h3-4,7,10,15-18,23-24H,5-6,8-9,11-14,19,36H2,1-2H3,(H,37,38,40)(H2,39,41,42,46)/t23-,24-. The number of aromatic nitrogens is 4. The van der Waals surface area contributed by atoms with Crippen LogP contribution in [-0.4, -0.2) is 80.9 Å². The first kappa shape index (κ1) is 31.7. The summed E-state index contributed by atoms with van der Waals surface area (Å²) in [5.41, 5.74) is 7.84. The SMILES string of the molecule is CN1CCN(Cc2ccc(NC(=O)Nc3cc(-c4ccc5nc(N[C@H]6CC[C@H](N)CC6)ncc5c4)n(C)n3)cc2C(F)(F)F)CC1. The summed E-state index contributed by atoms with van der Waals surface area (Å²) >= 11 is 0. The number of amides is 2. The number of likely N-dealkylation sites (N-methyl/N-ethyl adjacent to an activating group) is 1. The lowest BCUT2D eigenvalue weighted by Crippen LogP contribution is -2.44. The summed E-state index contributed by atoms with van der Waals surface area (Å²) in [4.78, 5) is 26.1. The van der Waals surface area contributed by atoms with Crippen LogP contribution in [0, 0.1) is 0 Å². The van der Waals surface area contributed by atoms with Gasteiger partial charge in [0.2, 0.25) is 5.95 Å². The number of hydrogen-bond donors (Lipinski definition) is 4. The summed E-state index contributed by atoms with van der Waals surface area (Å²) in [7, 11) is 3.74. The number of benzene rings is 2. The Morgan fingerprint density at radius 2 is 1.74 bits per heavy atom. The zero-order chi connectivity index (χ0) is 32.4. The number of nitrogens with one attached hydrogen (secondary N) is 3. The maximum Gasteiger partial charge on any atom is 0.416 e. The van der Waals surface area contributed by atoms with E-state index in [0.717, 1.165) is 67.0 Å². The summed E-state index contributed by atoms with van der Waals surface area (Å²) in [6.07, 6.45) is 1.18. The van der Waals surface area contributed by atoms with E-state index in [1.165, 1.54) is 12.1 Å². The molecule has 2 aromatic carbocycles. The molecule has 1 saturated carbocycles. The number of urea groups is 1. The Balaban J connectivity index is 1.11. The Morgan fingerprint density at radius 1 is 0.978 bits per heavy atom. The second-order valence-corrected chi connectivity index (χ2v) is 12.3. The number of carbonyl (C=O) groups is 1. The molecular formula is C32H39F3N10O. The van der Waals surface area contributed by atoms with Gasteiger partial charge in [0.15, 0.2) is 5.82 Å². The molecule has 0 radical (unpaired) electrons. The number of anilines is 3. The van der Waals surface area contributed by atoms with Crippen molar-refractivity contribution in [2.24, 2.45) is 12.8 Å². The van der Waals surface area contributed by atoms with E-state index < -0.39 is 17.8 Å². The molecule has 1 saturated heterocycles. The molecular weight excluding hydrogens is 597 g/mol. The summed E-state index contributed by atoms with van der Waals surface area (Å²) in [6, 6.07) is 11.3. The number of nitrogens with zero attached hydrogens (tertiary/aromatic N) is 6. The minimum atomic E-state index is -4.56. The molecule has 2 fully saturated rings. The smallest absolute Gasteiger partial charge is 0.351 e. The molecule has 2 amide bonds. The van der Waals surface area contributed by atoms with Gasteiger partial charge < -0.3 is 21.3 Å². The van der Waals surface area contributed by atoms with E-state index in [9.17, 15) is 18.0 Å². The highest BCUT2D eigenvalue weighted by atomic mass is 19.4. The molecule has 0 atom stereocenters. The maximum atomic E-state index is 14.0. The van der Waals surface area contributed by atoms with Gasteiger partial charge in [0, 0.05) is 80.8 Å². The molecule has 3 heterocycles. The topological polar surface area (TPSA) is 129 Å². The molecule has 2 aromatic heterocycles. The van der Waals surface area contributed by atoms with Crippen LogP contribution in [0.25, 0.3) is 22.2 Å². The lowest BCUT2D eigenvalue weighted by molar-refractivity contribution is -0.138. The van der Waals surface area contributed by atoms with Crippen molar-refractivity contribution in [2.45, 2.75) is 50.5 Å². The molecule has 14 heteroatoms. The van der Waals surface area contributed by atoms with Crippen LogP contribution in [0.2, 0.25) is 0 Å². The van der Waals surface area contributed by atoms with Crippen molar-refractivity contribution in [3.63, 3.8) is 0 Å². The fourth-order valence-electron chi connectivity index (χ4n) is 6.09. The fourth-order valence-corrected chi connectivity index (χ4v) is 6.09. The Labute approximate surface area is 265 Å². The molecule has 0 bridgehead atoms. The van der Waals surface area contributed by atoms with Gasteiger partial charge in [-0.25, -0.2) is 14.8 Å². The molecule has 4 aromatic rings. The zero-order valence-electron chi connectivity index (χ0n) is 25.9.